The van der Waals surface area contributed by atoms with E-state index in [4.69, 9.17) is 25.2 Å². The van der Waals surface area contributed by atoms with Crippen LogP contribution in [0, 0.1) is 0 Å². The SMILES string of the molecule is COCCOCCCN(CCOC)CCC(N)=NO. The first-order valence-electron chi connectivity index (χ1n) is 6.49. The van der Waals surface area contributed by atoms with Crippen LogP contribution in [0.15, 0.2) is 5.16 Å². The van der Waals surface area contributed by atoms with Gasteiger partial charge in [-0.3, -0.25) is 0 Å². The van der Waals surface area contributed by atoms with Crippen LogP contribution in [0.1, 0.15) is 12.8 Å². The summed E-state index contributed by atoms with van der Waals surface area (Å²) in [5, 5.41) is 11.5. The Morgan fingerprint density at radius 2 is 1.79 bits per heavy atom. The molecule has 0 fully saturated rings. The van der Waals surface area contributed by atoms with Crippen LogP contribution in [0.25, 0.3) is 0 Å². The number of methoxy groups -OCH3 is 2. The Morgan fingerprint density at radius 3 is 2.42 bits per heavy atom. The number of hydrogen-bond donors (Lipinski definition) is 2. The molecule has 0 heterocycles. The Labute approximate surface area is 115 Å². The fourth-order valence-electron chi connectivity index (χ4n) is 1.51. The zero-order valence-corrected chi connectivity index (χ0v) is 12.0. The molecule has 7 nitrogen and oxygen atoms in total. The summed E-state index contributed by atoms with van der Waals surface area (Å²) in [5.74, 6) is 0.249. The Morgan fingerprint density at radius 1 is 1.05 bits per heavy atom. The Hall–Kier alpha value is -0.890. The molecule has 0 saturated carbocycles. The average molecular weight is 277 g/mol. The van der Waals surface area contributed by atoms with Gasteiger partial charge in [-0.25, -0.2) is 0 Å². The van der Waals surface area contributed by atoms with E-state index in [0.29, 0.717) is 32.8 Å². The van der Waals surface area contributed by atoms with E-state index in [2.05, 4.69) is 10.1 Å². The molecule has 3 N–H and O–H groups in total. The lowest BCUT2D eigenvalue weighted by Crippen LogP contribution is -2.32. The van der Waals surface area contributed by atoms with Crippen molar-refractivity contribution in [2.45, 2.75) is 12.8 Å². The van der Waals surface area contributed by atoms with Crippen LogP contribution in [-0.4, -0.2) is 76.2 Å². The van der Waals surface area contributed by atoms with Crippen LogP contribution in [-0.2, 0) is 14.2 Å². The van der Waals surface area contributed by atoms with Gasteiger partial charge in [0.1, 0.15) is 5.84 Å². The Balaban J connectivity index is 3.73. The molecule has 0 aromatic rings. The normalized spacial score (nSPS) is 12.3. The second-order valence-electron chi connectivity index (χ2n) is 4.13. The van der Waals surface area contributed by atoms with Crippen molar-refractivity contribution in [3.63, 3.8) is 0 Å². The van der Waals surface area contributed by atoms with Crippen LogP contribution in [0.4, 0.5) is 0 Å². The summed E-state index contributed by atoms with van der Waals surface area (Å²) in [6.45, 7) is 5.09. The van der Waals surface area contributed by atoms with Crippen molar-refractivity contribution in [3.8, 4) is 0 Å². The monoisotopic (exact) mass is 277 g/mol. The molecule has 19 heavy (non-hydrogen) atoms. The number of nitrogens with two attached hydrogens (primary N) is 1. The minimum absolute atomic E-state index is 0.249. The van der Waals surface area contributed by atoms with Crippen LogP contribution in [0.3, 0.4) is 0 Å². The van der Waals surface area contributed by atoms with Crippen LogP contribution >= 0.6 is 0 Å². The lowest BCUT2D eigenvalue weighted by atomic mass is 10.3. The molecule has 0 unspecified atom stereocenters. The van der Waals surface area contributed by atoms with Gasteiger partial charge in [0, 0.05) is 46.9 Å². The molecule has 0 amide bonds. The summed E-state index contributed by atoms with van der Waals surface area (Å²) in [5.41, 5.74) is 5.46. The standard InChI is InChI=1S/C12H27N3O4/c1-17-9-7-15(6-4-12(13)14-16)5-3-8-19-11-10-18-2/h16H,3-11H2,1-2H3,(H2,13,14). The highest BCUT2D eigenvalue weighted by molar-refractivity contribution is 5.79. The molecule has 0 atom stereocenters. The van der Waals surface area contributed by atoms with Gasteiger partial charge in [-0.1, -0.05) is 5.16 Å². The third-order valence-electron chi connectivity index (χ3n) is 2.62. The predicted molar refractivity (Wildman–Crippen MR) is 73.7 cm³/mol. The second kappa shape index (κ2) is 13.5. The number of amidine groups is 1. The summed E-state index contributed by atoms with van der Waals surface area (Å²) >= 11 is 0. The highest BCUT2D eigenvalue weighted by Gasteiger charge is 2.06. The Kier molecular flexibility index (Phi) is 12.9. The quantitative estimate of drug-likeness (QED) is 0.163. The predicted octanol–water partition coefficient (Wildman–Crippen LogP) is 0.124. The zero-order chi connectivity index (χ0) is 14.3. The van der Waals surface area contributed by atoms with E-state index in [1.54, 1.807) is 14.2 Å². The third kappa shape index (κ3) is 11.9. The van der Waals surface area contributed by atoms with Crippen LogP contribution < -0.4 is 5.73 Å². The number of ether oxygens (including phenoxy) is 3. The second-order valence-corrected chi connectivity index (χ2v) is 4.13. The van der Waals surface area contributed by atoms with E-state index >= 15 is 0 Å². The largest absolute Gasteiger partial charge is 0.409 e. The lowest BCUT2D eigenvalue weighted by molar-refractivity contribution is 0.0635. The van der Waals surface area contributed by atoms with Crippen molar-refractivity contribution >= 4 is 5.84 Å². The van der Waals surface area contributed by atoms with E-state index in [-0.39, 0.29) is 5.84 Å². The Bertz CT molecular complexity index is 227. The molecule has 0 bridgehead atoms. The highest BCUT2D eigenvalue weighted by atomic mass is 16.5. The highest BCUT2D eigenvalue weighted by Crippen LogP contribution is 1.96. The van der Waals surface area contributed by atoms with Crippen molar-refractivity contribution in [2.75, 3.05) is 60.3 Å². The minimum atomic E-state index is 0.249. The maximum Gasteiger partial charge on any atom is 0.140 e. The fourth-order valence-corrected chi connectivity index (χ4v) is 1.51. The summed E-state index contributed by atoms with van der Waals surface area (Å²) in [4.78, 5) is 2.21. The van der Waals surface area contributed by atoms with E-state index in [9.17, 15) is 0 Å². The van der Waals surface area contributed by atoms with Gasteiger partial charge >= 0.3 is 0 Å². The van der Waals surface area contributed by atoms with Gasteiger partial charge in [0.2, 0.25) is 0 Å². The molecule has 0 aliphatic heterocycles. The first-order chi connectivity index (χ1) is 9.24. The minimum Gasteiger partial charge on any atom is -0.409 e. The summed E-state index contributed by atoms with van der Waals surface area (Å²) in [6.07, 6.45) is 1.48. The van der Waals surface area contributed by atoms with Crippen LogP contribution in [0.2, 0.25) is 0 Å². The van der Waals surface area contributed by atoms with E-state index in [1.165, 1.54) is 0 Å². The van der Waals surface area contributed by atoms with Gasteiger partial charge < -0.3 is 30.1 Å². The van der Waals surface area contributed by atoms with Crippen molar-refractivity contribution < 1.29 is 19.4 Å². The van der Waals surface area contributed by atoms with Gasteiger partial charge in [-0.2, -0.15) is 0 Å². The van der Waals surface area contributed by atoms with Gasteiger partial charge in [-0.05, 0) is 6.42 Å². The van der Waals surface area contributed by atoms with Crippen molar-refractivity contribution in [3.05, 3.63) is 0 Å². The third-order valence-corrected chi connectivity index (χ3v) is 2.62. The molecule has 0 radical (unpaired) electrons. The zero-order valence-electron chi connectivity index (χ0n) is 12.0. The van der Waals surface area contributed by atoms with Gasteiger partial charge in [0.25, 0.3) is 0 Å². The molecular weight excluding hydrogens is 250 g/mol. The average Bonchev–Trinajstić information content (AvgIpc) is 2.44. The molecule has 0 aliphatic rings. The molecule has 0 aromatic heterocycles. The first kappa shape index (κ1) is 18.1. The molecule has 114 valence electrons. The maximum absolute atomic E-state index is 8.51. The molecule has 7 heteroatoms. The van der Waals surface area contributed by atoms with Crippen LogP contribution in [0.5, 0.6) is 0 Å². The van der Waals surface area contributed by atoms with E-state index in [0.717, 1.165) is 26.1 Å². The van der Waals surface area contributed by atoms with Gasteiger partial charge in [0.15, 0.2) is 0 Å². The van der Waals surface area contributed by atoms with Gasteiger partial charge in [0.05, 0.1) is 19.8 Å². The maximum atomic E-state index is 8.51. The topological polar surface area (TPSA) is 89.5 Å². The smallest absolute Gasteiger partial charge is 0.140 e. The first-order valence-corrected chi connectivity index (χ1v) is 6.49. The van der Waals surface area contributed by atoms with E-state index < -0.39 is 0 Å². The molecule has 0 rings (SSSR count). The number of hydrogen-bond acceptors (Lipinski definition) is 6. The number of oxime groups is 1. The molecule has 0 spiro atoms. The van der Waals surface area contributed by atoms with Crippen molar-refractivity contribution in [1.82, 2.24) is 4.90 Å². The lowest BCUT2D eigenvalue weighted by Gasteiger charge is -2.21. The summed E-state index contributed by atoms with van der Waals surface area (Å²) in [7, 11) is 3.33. The molecule has 0 aromatic carbocycles. The fraction of sp³-hybridized carbons (Fsp3) is 0.917. The summed E-state index contributed by atoms with van der Waals surface area (Å²) in [6, 6.07) is 0. The van der Waals surface area contributed by atoms with Gasteiger partial charge in [-0.15, -0.1) is 0 Å². The number of nitrogens with zero attached hydrogens (tertiary/aromatic N) is 2. The number of rotatable bonds is 13. The molecular formula is C12H27N3O4. The molecule has 0 saturated heterocycles. The van der Waals surface area contributed by atoms with Crippen molar-refractivity contribution in [2.24, 2.45) is 10.9 Å². The summed E-state index contributed by atoms with van der Waals surface area (Å²) < 4.78 is 15.4. The molecule has 0 aliphatic carbocycles. The van der Waals surface area contributed by atoms with Crippen molar-refractivity contribution in [1.29, 1.82) is 0 Å². The van der Waals surface area contributed by atoms with E-state index in [1.807, 2.05) is 0 Å².